The van der Waals surface area contributed by atoms with Crippen molar-refractivity contribution in [3.8, 4) is 0 Å². The van der Waals surface area contributed by atoms with Crippen molar-refractivity contribution in [1.82, 2.24) is 14.7 Å². The van der Waals surface area contributed by atoms with Crippen molar-refractivity contribution in [3.05, 3.63) is 0 Å². The van der Waals surface area contributed by atoms with E-state index in [-0.39, 0.29) is 0 Å². The van der Waals surface area contributed by atoms with E-state index in [0.717, 1.165) is 51.4 Å². The number of carbonyl (C=O) groups is 1. The fourth-order valence-electron chi connectivity index (χ4n) is 3.51. The highest BCUT2D eigenvalue weighted by Crippen LogP contribution is 2.20. The van der Waals surface area contributed by atoms with Crippen LogP contribution >= 0.6 is 11.8 Å². The lowest BCUT2D eigenvalue weighted by atomic mass is 9.96. The molecule has 0 aromatic rings. The van der Waals surface area contributed by atoms with E-state index in [1.165, 1.54) is 38.4 Å². The van der Waals surface area contributed by atoms with Gasteiger partial charge < -0.3 is 4.90 Å². The standard InChI is InChI=1S/C17H33N3OS/c1-3-4-5-17(21)20-12-10-18(11-13-20)14-16-6-8-19(9-7-16)15-22-2/h16H,3-15H2,1-2H3. The van der Waals surface area contributed by atoms with Gasteiger partial charge >= 0.3 is 0 Å². The van der Waals surface area contributed by atoms with E-state index in [2.05, 4.69) is 27.9 Å². The molecule has 0 radical (unpaired) electrons. The van der Waals surface area contributed by atoms with Crippen LogP contribution in [0.2, 0.25) is 0 Å². The van der Waals surface area contributed by atoms with E-state index in [1.807, 2.05) is 11.8 Å². The maximum atomic E-state index is 12.1. The molecular weight excluding hydrogens is 294 g/mol. The summed E-state index contributed by atoms with van der Waals surface area (Å²) in [6.45, 7) is 9.94. The molecule has 2 saturated heterocycles. The quantitative estimate of drug-likeness (QED) is 0.717. The Hall–Kier alpha value is -0.260. The van der Waals surface area contributed by atoms with Gasteiger partial charge in [-0.15, -0.1) is 11.8 Å². The molecule has 0 aromatic carbocycles. The van der Waals surface area contributed by atoms with Gasteiger partial charge in [0.2, 0.25) is 5.91 Å². The molecule has 1 amide bonds. The highest BCUT2D eigenvalue weighted by atomic mass is 32.2. The molecule has 22 heavy (non-hydrogen) atoms. The average Bonchev–Trinajstić information content (AvgIpc) is 2.55. The summed E-state index contributed by atoms with van der Waals surface area (Å²) in [6.07, 6.45) is 7.76. The van der Waals surface area contributed by atoms with Crippen molar-refractivity contribution in [2.24, 2.45) is 5.92 Å². The van der Waals surface area contributed by atoms with Gasteiger partial charge in [-0.05, 0) is 44.5 Å². The Bertz CT molecular complexity index is 324. The van der Waals surface area contributed by atoms with Crippen LogP contribution < -0.4 is 0 Å². The third kappa shape index (κ3) is 5.74. The molecule has 0 unspecified atom stereocenters. The van der Waals surface area contributed by atoms with Crippen molar-refractivity contribution in [1.29, 1.82) is 0 Å². The first-order chi connectivity index (χ1) is 10.7. The molecule has 2 rings (SSSR count). The van der Waals surface area contributed by atoms with Gasteiger partial charge in [0, 0.05) is 45.0 Å². The number of rotatable bonds is 7. The predicted molar refractivity (Wildman–Crippen MR) is 95.2 cm³/mol. The second-order valence-electron chi connectivity index (χ2n) is 6.76. The number of carbonyl (C=O) groups excluding carboxylic acids is 1. The van der Waals surface area contributed by atoms with E-state index >= 15 is 0 Å². The molecule has 0 atom stereocenters. The van der Waals surface area contributed by atoms with Crippen LogP contribution in [0.5, 0.6) is 0 Å². The molecule has 0 spiro atoms. The summed E-state index contributed by atoms with van der Waals surface area (Å²) in [5.41, 5.74) is 0. The minimum atomic E-state index is 0.367. The number of hydrogen-bond acceptors (Lipinski definition) is 4. The topological polar surface area (TPSA) is 26.8 Å². The van der Waals surface area contributed by atoms with Gasteiger partial charge in [-0.25, -0.2) is 0 Å². The van der Waals surface area contributed by atoms with E-state index in [1.54, 1.807) is 0 Å². The number of piperazine rings is 1. The maximum absolute atomic E-state index is 12.1. The van der Waals surface area contributed by atoms with Gasteiger partial charge in [-0.3, -0.25) is 14.6 Å². The largest absolute Gasteiger partial charge is 0.340 e. The molecule has 0 saturated carbocycles. The Morgan fingerprint density at radius 1 is 1.05 bits per heavy atom. The molecule has 0 bridgehead atoms. The molecular formula is C17H33N3OS. The van der Waals surface area contributed by atoms with Gasteiger partial charge in [0.25, 0.3) is 0 Å². The molecule has 0 aromatic heterocycles. The summed E-state index contributed by atoms with van der Waals surface area (Å²) in [5, 5.41) is 0. The normalized spacial score (nSPS) is 22.2. The lowest BCUT2D eigenvalue weighted by Crippen LogP contribution is -2.50. The Balaban J connectivity index is 1.62. The smallest absolute Gasteiger partial charge is 0.222 e. The summed E-state index contributed by atoms with van der Waals surface area (Å²) >= 11 is 1.93. The summed E-state index contributed by atoms with van der Waals surface area (Å²) in [4.78, 5) is 19.3. The first kappa shape index (κ1) is 18.1. The number of piperidine rings is 1. The SMILES string of the molecule is CCCCC(=O)N1CCN(CC2CCN(CSC)CC2)CC1. The van der Waals surface area contributed by atoms with Crippen LogP contribution in [0.1, 0.15) is 39.0 Å². The van der Waals surface area contributed by atoms with Crippen LogP contribution in [0, 0.1) is 5.92 Å². The zero-order valence-corrected chi connectivity index (χ0v) is 15.2. The van der Waals surface area contributed by atoms with Crippen molar-refractivity contribution in [2.75, 3.05) is 57.9 Å². The minimum absolute atomic E-state index is 0.367. The maximum Gasteiger partial charge on any atom is 0.222 e. The highest BCUT2D eigenvalue weighted by molar-refractivity contribution is 7.98. The lowest BCUT2D eigenvalue weighted by Gasteiger charge is -2.38. The van der Waals surface area contributed by atoms with Crippen molar-refractivity contribution in [2.45, 2.75) is 39.0 Å². The van der Waals surface area contributed by atoms with E-state index < -0.39 is 0 Å². The van der Waals surface area contributed by atoms with Crippen molar-refractivity contribution in [3.63, 3.8) is 0 Å². The van der Waals surface area contributed by atoms with Gasteiger partial charge in [-0.2, -0.15) is 0 Å². The van der Waals surface area contributed by atoms with Gasteiger partial charge in [-0.1, -0.05) is 13.3 Å². The molecule has 0 N–H and O–H groups in total. The highest BCUT2D eigenvalue weighted by Gasteiger charge is 2.25. The number of nitrogens with zero attached hydrogens (tertiary/aromatic N) is 3. The monoisotopic (exact) mass is 327 g/mol. The second kappa shape index (κ2) is 9.78. The number of hydrogen-bond donors (Lipinski definition) is 0. The summed E-state index contributed by atoms with van der Waals surface area (Å²) in [6, 6.07) is 0. The number of likely N-dealkylation sites (tertiary alicyclic amines) is 1. The summed E-state index contributed by atoms with van der Waals surface area (Å²) in [5.74, 6) is 2.41. The van der Waals surface area contributed by atoms with Crippen LogP contribution in [0.3, 0.4) is 0 Å². The Labute approximate surface area is 140 Å². The van der Waals surface area contributed by atoms with Crippen molar-refractivity contribution < 1.29 is 4.79 Å². The van der Waals surface area contributed by atoms with Crippen LogP contribution in [0.15, 0.2) is 0 Å². The fraction of sp³-hybridized carbons (Fsp3) is 0.941. The number of amides is 1. The van der Waals surface area contributed by atoms with E-state index in [0.29, 0.717) is 5.91 Å². The van der Waals surface area contributed by atoms with Crippen LogP contribution in [-0.2, 0) is 4.79 Å². The third-order valence-electron chi connectivity index (χ3n) is 5.00. The molecule has 2 fully saturated rings. The predicted octanol–water partition coefficient (Wildman–Crippen LogP) is 2.35. The second-order valence-corrected chi connectivity index (χ2v) is 7.60. The fourth-order valence-corrected chi connectivity index (χ4v) is 4.14. The van der Waals surface area contributed by atoms with Crippen LogP contribution in [0.25, 0.3) is 0 Å². The average molecular weight is 328 g/mol. The molecule has 5 heteroatoms. The summed E-state index contributed by atoms with van der Waals surface area (Å²) < 4.78 is 0. The first-order valence-electron chi connectivity index (χ1n) is 8.94. The van der Waals surface area contributed by atoms with Crippen molar-refractivity contribution >= 4 is 17.7 Å². The minimum Gasteiger partial charge on any atom is -0.340 e. The molecule has 2 aliphatic rings. The van der Waals surface area contributed by atoms with Gasteiger partial charge in [0.15, 0.2) is 0 Å². The van der Waals surface area contributed by atoms with Crippen LogP contribution in [0.4, 0.5) is 0 Å². The number of thioether (sulfide) groups is 1. The lowest BCUT2D eigenvalue weighted by molar-refractivity contribution is -0.133. The number of unbranched alkanes of at least 4 members (excludes halogenated alkanes) is 1. The summed E-state index contributed by atoms with van der Waals surface area (Å²) in [7, 11) is 0. The molecule has 2 heterocycles. The Morgan fingerprint density at radius 3 is 2.32 bits per heavy atom. The molecule has 4 nitrogen and oxygen atoms in total. The molecule has 2 aliphatic heterocycles. The molecule has 0 aliphatic carbocycles. The molecule has 128 valence electrons. The van der Waals surface area contributed by atoms with E-state index in [4.69, 9.17) is 0 Å². The Kier molecular flexibility index (Phi) is 8.04. The van der Waals surface area contributed by atoms with Gasteiger partial charge in [0.05, 0.1) is 0 Å². The zero-order chi connectivity index (χ0) is 15.8. The third-order valence-corrected chi connectivity index (χ3v) is 5.63. The van der Waals surface area contributed by atoms with Gasteiger partial charge in [0.1, 0.15) is 0 Å². The van der Waals surface area contributed by atoms with Crippen LogP contribution in [-0.4, -0.2) is 78.6 Å². The zero-order valence-electron chi connectivity index (χ0n) is 14.4. The Morgan fingerprint density at radius 2 is 1.73 bits per heavy atom. The van der Waals surface area contributed by atoms with E-state index in [9.17, 15) is 4.79 Å². The first-order valence-corrected chi connectivity index (χ1v) is 10.3.